The zero-order valence-corrected chi connectivity index (χ0v) is 14.1. The summed E-state index contributed by atoms with van der Waals surface area (Å²) in [4.78, 5) is 23.2. The molecule has 24 heavy (non-hydrogen) atoms. The van der Waals surface area contributed by atoms with Crippen molar-refractivity contribution in [1.29, 1.82) is 0 Å². The number of ether oxygens (including phenoxy) is 1. The highest BCUT2D eigenvalue weighted by Gasteiger charge is 2.19. The lowest BCUT2D eigenvalue weighted by molar-refractivity contribution is -0.128. The Morgan fingerprint density at radius 1 is 0.917 bits per heavy atom. The van der Waals surface area contributed by atoms with Crippen molar-refractivity contribution in [3.05, 3.63) is 60.2 Å². The predicted octanol–water partition coefficient (Wildman–Crippen LogP) is 3.18. The maximum atomic E-state index is 12.2. The van der Waals surface area contributed by atoms with Crippen LogP contribution in [0.3, 0.4) is 0 Å². The molecule has 0 aliphatic heterocycles. The molecule has 0 saturated carbocycles. The first-order valence-electron chi connectivity index (χ1n) is 7.86. The van der Waals surface area contributed by atoms with E-state index in [-0.39, 0.29) is 17.9 Å². The summed E-state index contributed by atoms with van der Waals surface area (Å²) in [5.74, 6) is 0.934. The van der Waals surface area contributed by atoms with Crippen molar-refractivity contribution in [2.75, 3.05) is 0 Å². The van der Waals surface area contributed by atoms with Crippen LogP contribution < -0.4 is 15.4 Å². The van der Waals surface area contributed by atoms with Crippen LogP contribution in [0.1, 0.15) is 32.4 Å². The lowest BCUT2D eigenvalue weighted by atomic mass is 10.1. The molecule has 2 amide bonds. The molecular formula is C19H22N2O3. The second kappa shape index (κ2) is 8.15. The standard InChI is InChI=1S/C19H22N2O3/c1-13(21-19(23)14(2)20-15(3)22)17-11-7-8-12-18(17)24-16-9-5-4-6-10-16/h4-14H,1-3H3,(H,20,22)(H,21,23)/t13-,14-/m0/s1. The van der Waals surface area contributed by atoms with Gasteiger partial charge >= 0.3 is 0 Å². The fourth-order valence-electron chi connectivity index (χ4n) is 2.33. The summed E-state index contributed by atoms with van der Waals surface area (Å²) in [7, 11) is 0. The van der Waals surface area contributed by atoms with Gasteiger partial charge in [-0.1, -0.05) is 36.4 Å². The first-order chi connectivity index (χ1) is 11.5. The van der Waals surface area contributed by atoms with Crippen LogP contribution in [0, 0.1) is 0 Å². The van der Waals surface area contributed by atoms with Gasteiger partial charge in [-0.05, 0) is 32.0 Å². The number of benzene rings is 2. The second-order valence-electron chi connectivity index (χ2n) is 5.61. The Balaban J connectivity index is 2.11. The van der Waals surface area contributed by atoms with Crippen LogP contribution in [-0.2, 0) is 9.59 Å². The summed E-state index contributed by atoms with van der Waals surface area (Å²) < 4.78 is 5.92. The van der Waals surface area contributed by atoms with E-state index in [0.717, 1.165) is 11.3 Å². The summed E-state index contributed by atoms with van der Waals surface area (Å²) in [6.07, 6.45) is 0. The molecule has 5 heteroatoms. The van der Waals surface area contributed by atoms with Crippen molar-refractivity contribution in [3.8, 4) is 11.5 Å². The number of para-hydroxylation sites is 2. The Bertz CT molecular complexity index is 701. The fourth-order valence-corrected chi connectivity index (χ4v) is 2.33. The molecule has 0 bridgehead atoms. The van der Waals surface area contributed by atoms with Crippen LogP contribution in [0.25, 0.3) is 0 Å². The number of hydrogen-bond donors (Lipinski definition) is 2. The van der Waals surface area contributed by atoms with Crippen molar-refractivity contribution in [2.45, 2.75) is 32.9 Å². The molecule has 0 unspecified atom stereocenters. The van der Waals surface area contributed by atoms with E-state index >= 15 is 0 Å². The number of amides is 2. The lowest BCUT2D eigenvalue weighted by Crippen LogP contribution is -2.44. The molecule has 2 aromatic rings. The Morgan fingerprint density at radius 2 is 1.54 bits per heavy atom. The van der Waals surface area contributed by atoms with E-state index in [1.54, 1.807) is 6.92 Å². The zero-order chi connectivity index (χ0) is 17.5. The van der Waals surface area contributed by atoms with Crippen molar-refractivity contribution in [1.82, 2.24) is 10.6 Å². The largest absolute Gasteiger partial charge is 0.457 e. The first kappa shape index (κ1) is 17.5. The third-order valence-electron chi connectivity index (χ3n) is 3.53. The van der Waals surface area contributed by atoms with E-state index in [9.17, 15) is 9.59 Å². The van der Waals surface area contributed by atoms with E-state index in [0.29, 0.717) is 5.75 Å². The third-order valence-corrected chi connectivity index (χ3v) is 3.53. The van der Waals surface area contributed by atoms with Crippen LogP contribution in [-0.4, -0.2) is 17.9 Å². The maximum Gasteiger partial charge on any atom is 0.242 e. The maximum absolute atomic E-state index is 12.2. The fraction of sp³-hybridized carbons (Fsp3) is 0.263. The van der Waals surface area contributed by atoms with Gasteiger partial charge < -0.3 is 15.4 Å². The summed E-state index contributed by atoms with van der Waals surface area (Å²) in [5.41, 5.74) is 0.865. The van der Waals surface area contributed by atoms with Gasteiger partial charge in [0.25, 0.3) is 0 Å². The molecule has 2 rings (SSSR count). The average molecular weight is 326 g/mol. The van der Waals surface area contributed by atoms with Crippen molar-refractivity contribution < 1.29 is 14.3 Å². The predicted molar refractivity (Wildman–Crippen MR) is 92.8 cm³/mol. The molecule has 2 atom stereocenters. The molecule has 0 aliphatic carbocycles. The van der Waals surface area contributed by atoms with Crippen LogP contribution >= 0.6 is 0 Å². The minimum Gasteiger partial charge on any atom is -0.457 e. The van der Waals surface area contributed by atoms with Gasteiger partial charge in [-0.15, -0.1) is 0 Å². The third kappa shape index (κ3) is 4.84. The highest BCUT2D eigenvalue weighted by molar-refractivity contribution is 5.86. The molecule has 0 heterocycles. The Kier molecular flexibility index (Phi) is 5.95. The van der Waals surface area contributed by atoms with E-state index in [1.807, 2.05) is 61.5 Å². The number of rotatable bonds is 6. The van der Waals surface area contributed by atoms with Gasteiger partial charge in [-0.3, -0.25) is 9.59 Å². The molecule has 126 valence electrons. The monoisotopic (exact) mass is 326 g/mol. The van der Waals surface area contributed by atoms with Gasteiger partial charge in [0, 0.05) is 12.5 Å². The molecule has 0 spiro atoms. The number of carbonyl (C=O) groups excluding carboxylic acids is 2. The topological polar surface area (TPSA) is 67.4 Å². The average Bonchev–Trinajstić information content (AvgIpc) is 2.55. The van der Waals surface area contributed by atoms with Crippen molar-refractivity contribution >= 4 is 11.8 Å². The van der Waals surface area contributed by atoms with Crippen LogP contribution in [0.5, 0.6) is 11.5 Å². The molecule has 0 aromatic heterocycles. The van der Waals surface area contributed by atoms with E-state index < -0.39 is 6.04 Å². The molecule has 0 saturated heterocycles. The van der Waals surface area contributed by atoms with Crippen molar-refractivity contribution in [2.24, 2.45) is 0 Å². The normalized spacial score (nSPS) is 12.8. The first-order valence-corrected chi connectivity index (χ1v) is 7.86. The second-order valence-corrected chi connectivity index (χ2v) is 5.61. The lowest BCUT2D eigenvalue weighted by Gasteiger charge is -2.20. The quantitative estimate of drug-likeness (QED) is 0.857. The Morgan fingerprint density at radius 3 is 2.21 bits per heavy atom. The summed E-state index contributed by atoms with van der Waals surface area (Å²) in [5, 5.41) is 5.47. The smallest absolute Gasteiger partial charge is 0.242 e. The zero-order valence-electron chi connectivity index (χ0n) is 14.1. The Hall–Kier alpha value is -2.82. The van der Waals surface area contributed by atoms with Gasteiger partial charge in [-0.25, -0.2) is 0 Å². The van der Waals surface area contributed by atoms with Gasteiger partial charge in [-0.2, -0.15) is 0 Å². The number of hydrogen-bond acceptors (Lipinski definition) is 3. The van der Waals surface area contributed by atoms with Gasteiger partial charge in [0.05, 0.1) is 6.04 Å². The number of carbonyl (C=O) groups is 2. The van der Waals surface area contributed by atoms with Gasteiger partial charge in [0.2, 0.25) is 11.8 Å². The van der Waals surface area contributed by atoms with E-state index in [4.69, 9.17) is 4.74 Å². The van der Waals surface area contributed by atoms with E-state index in [1.165, 1.54) is 6.92 Å². The van der Waals surface area contributed by atoms with Crippen LogP contribution in [0.2, 0.25) is 0 Å². The molecular weight excluding hydrogens is 304 g/mol. The van der Waals surface area contributed by atoms with Crippen LogP contribution in [0.15, 0.2) is 54.6 Å². The summed E-state index contributed by atoms with van der Waals surface area (Å²) >= 11 is 0. The highest BCUT2D eigenvalue weighted by atomic mass is 16.5. The minimum atomic E-state index is -0.591. The molecule has 0 aliphatic rings. The van der Waals surface area contributed by atoms with E-state index in [2.05, 4.69) is 10.6 Å². The molecule has 2 N–H and O–H groups in total. The van der Waals surface area contributed by atoms with Crippen LogP contribution in [0.4, 0.5) is 0 Å². The Labute approximate surface area is 142 Å². The molecule has 0 fully saturated rings. The molecule has 0 radical (unpaired) electrons. The van der Waals surface area contributed by atoms with Gasteiger partial charge in [0.15, 0.2) is 0 Å². The summed E-state index contributed by atoms with van der Waals surface area (Å²) in [6, 6.07) is 16.2. The SMILES string of the molecule is CC(=O)N[C@@H](C)C(=O)N[C@@H](C)c1ccccc1Oc1ccccc1. The molecule has 5 nitrogen and oxygen atoms in total. The van der Waals surface area contributed by atoms with Gasteiger partial charge in [0.1, 0.15) is 17.5 Å². The molecule has 2 aromatic carbocycles. The minimum absolute atomic E-state index is 0.238. The van der Waals surface area contributed by atoms with Crippen molar-refractivity contribution in [3.63, 3.8) is 0 Å². The summed E-state index contributed by atoms with van der Waals surface area (Å²) in [6.45, 7) is 4.91. The highest BCUT2D eigenvalue weighted by Crippen LogP contribution is 2.29. The number of nitrogens with one attached hydrogen (secondary N) is 2.